The lowest BCUT2D eigenvalue weighted by atomic mass is 9.99. The molecule has 0 atom stereocenters. The summed E-state index contributed by atoms with van der Waals surface area (Å²) in [6, 6.07) is 13.8. The maximum Gasteiger partial charge on any atom is 0.337 e. The van der Waals surface area contributed by atoms with Crippen molar-refractivity contribution in [2.75, 3.05) is 20.2 Å². The van der Waals surface area contributed by atoms with E-state index >= 15 is 0 Å². The molecule has 1 aliphatic heterocycles. The topological polar surface area (TPSA) is 75.7 Å². The molecule has 6 nitrogen and oxygen atoms in total. The number of hydrogen-bond donors (Lipinski definition) is 1. The number of methoxy groups -OCH3 is 1. The maximum atomic E-state index is 12.6. The second-order valence-corrected chi connectivity index (χ2v) is 9.39. The molecule has 2 aromatic rings. The Hall–Kier alpha value is -2.22. The summed E-state index contributed by atoms with van der Waals surface area (Å²) in [6.07, 6.45) is 2.49. The Balaban J connectivity index is 1.58. The molecule has 1 aliphatic rings. The van der Waals surface area contributed by atoms with E-state index in [4.69, 9.17) is 0 Å². The molecule has 156 valence electrons. The Morgan fingerprint density at radius 3 is 2.41 bits per heavy atom. The number of piperidine rings is 1. The zero-order valence-electron chi connectivity index (χ0n) is 16.9. The highest BCUT2D eigenvalue weighted by Crippen LogP contribution is 2.18. The summed E-state index contributed by atoms with van der Waals surface area (Å²) in [4.78, 5) is 14.1. The lowest BCUT2D eigenvalue weighted by Crippen LogP contribution is -2.32. The van der Waals surface area contributed by atoms with Crippen LogP contribution in [0.15, 0.2) is 53.4 Å². The van der Waals surface area contributed by atoms with Crippen molar-refractivity contribution in [3.63, 3.8) is 0 Å². The van der Waals surface area contributed by atoms with Crippen molar-refractivity contribution in [3.8, 4) is 0 Å². The smallest absolute Gasteiger partial charge is 0.337 e. The standard InChI is InChI=1S/C22H28N2O4S/c1-17-10-12-24(13-11-17)16-19-8-6-18(7-9-19)15-23-29(26,27)21-5-3-4-20(14-21)22(25)28-2/h3-9,14,17,23H,10-13,15-16H2,1-2H3. The third kappa shape index (κ3) is 5.88. The van der Waals surface area contributed by atoms with Gasteiger partial charge in [0, 0.05) is 13.1 Å². The molecule has 1 fully saturated rings. The molecule has 0 radical (unpaired) electrons. The molecule has 1 N–H and O–H groups in total. The molecule has 0 unspecified atom stereocenters. The SMILES string of the molecule is COC(=O)c1cccc(S(=O)(=O)NCc2ccc(CN3CCC(C)CC3)cc2)c1. The van der Waals surface area contributed by atoms with Gasteiger partial charge in [-0.25, -0.2) is 17.9 Å². The summed E-state index contributed by atoms with van der Waals surface area (Å²) in [5.41, 5.74) is 2.32. The molecule has 0 bridgehead atoms. The van der Waals surface area contributed by atoms with Crippen LogP contribution in [0.4, 0.5) is 0 Å². The van der Waals surface area contributed by atoms with Gasteiger partial charge < -0.3 is 4.74 Å². The fourth-order valence-corrected chi connectivity index (χ4v) is 4.47. The molecule has 0 aromatic heterocycles. The predicted octanol–water partition coefficient (Wildman–Crippen LogP) is 3.18. The van der Waals surface area contributed by atoms with E-state index in [-0.39, 0.29) is 17.0 Å². The first-order valence-corrected chi connectivity index (χ1v) is 11.3. The summed E-state index contributed by atoms with van der Waals surface area (Å²) in [7, 11) is -2.47. The molecule has 3 rings (SSSR count). The Labute approximate surface area is 172 Å². The number of benzene rings is 2. The Kier molecular flexibility index (Phi) is 7.05. The van der Waals surface area contributed by atoms with Crippen LogP contribution in [0.5, 0.6) is 0 Å². The second kappa shape index (κ2) is 9.52. The number of rotatable bonds is 7. The van der Waals surface area contributed by atoms with Gasteiger partial charge in [0.15, 0.2) is 0 Å². The van der Waals surface area contributed by atoms with Crippen LogP contribution in [0.1, 0.15) is 41.3 Å². The van der Waals surface area contributed by atoms with Crippen LogP contribution in [0.25, 0.3) is 0 Å². The minimum absolute atomic E-state index is 0.0383. The van der Waals surface area contributed by atoms with Crippen molar-refractivity contribution in [1.29, 1.82) is 0 Å². The first kappa shape index (κ1) is 21.5. The molecular formula is C22H28N2O4S. The minimum atomic E-state index is -3.73. The fourth-order valence-electron chi connectivity index (χ4n) is 3.41. The van der Waals surface area contributed by atoms with Crippen LogP contribution in [0, 0.1) is 5.92 Å². The zero-order chi connectivity index (χ0) is 20.9. The van der Waals surface area contributed by atoms with E-state index in [1.54, 1.807) is 0 Å². The third-order valence-corrected chi connectivity index (χ3v) is 6.74. The van der Waals surface area contributed by atoms with Gasteiger partial charge in [0.25, 0.3) is 0 Å². The van der Waals surface area contributed by atoms with E-state index in [9.17, 15) is 13.2 Å². The van der Waals surface area contributed by atoms with Crippen molar-refractivity contribution in [2.24, 2.45) is 5.92 Å². The zero-order valence-corrected chi connectivity index (χ0v) is 17.7. The molecule has 0 aliphatic carbocycles. The second-order valence-electron chi connectivity index (χ2n) is 7.62. The number of ether oxygens (including phenoxy) is 1. The quantitative estimate of drug-likeness (QED) is 0.702. The molecule has 1 heterocycles. The highest BCUT2D eigenvalue weighted by molar-refractivity contribution is 7.89. The highest BCUT2D eigenvalue weighted by atomic mass is 32.2. The molecule has 0 saturated carbocycles. The number of sulfonamides is 1. The molecule has 0 amide bonds. The van der Waals surface area contributed by atoms with Crippen LogP contribution in [0.3, 0.4) is 0 Å². The first-order valence-electron chi connectivity index (χ1n) is 9.85. The van der Waals surface area contributed by atoms with Crippen molar-refractivity contribution < 1.29 is 17.9 Å². The van der Waals surface area contributed by atoms with Gasteiger partial charge in [-0.05, 0) is 61.2 Å². The Bertz CT molecular complexity index is 934. The van der Waals surface area contributed by atoms with E-state index in [1.165, 1.54) is 49.8 Å². The predicted molar refractivity (Wildman–Crippen MR) is 112 cm³/mol. The summed E-state index contributed by atoms with van der Waals surface area (Å²) >= 11 is 0. The van der Waals surface area contributed by atoms with Gasteiger partial charge in [0.05, 0.1) is 17.6 Å². The molecule has 29 heavy (non-hydrogen) atoms. The van der Waals surface area contributed by atoms with Gasteiger partial charge >= 0.3 is 5.97 Å². The normalized spacial score (nSPS) is 15.9. The number of nitrogens with zero attached hydrogens (tertiary/aromatic N) is 1. The summed E-state index contributed by atoms with van der Waals surface area (Å²) in [6.45, 7) is 5.69. The molecule has 7 heteroatoms. The van der Waals surface area contributed by atoms with Gasteiger partial charge in [-0.1, -0.05) is 37.3 Å². The van der Waals surface area contributed by atoms with Crippen molar-refractivity contribution in [1.82, 2.24) is 9.62 Å². The third-order valence-electron chi connectivity index (χ3n) is 5.34. The van der Waals surface area contributed by atoms with Crippen LogP contribution < -0.4 is 4.72 Å². The van der Waals surface area contributed by atoms with Crippen LogP contribution in [-0.2, 0) is 27.8 Å². The molecular weight excluding hydrogens is 388 g/mol. The average molecular weight is 417 g/mol. The van der Waals surface area contributed by atoms with Gasteiger partial charge in [0.2, 0.25) is 10.0 Å². The number of carbonyl (C=O) groups is 1. The lowest BCUT2D eigenvalue weighted by molar-refractivity contribution is 0.0600. The largest absolute Gasteiger partial charge is 0.465 e. The van der Waals surface area contributed by atoms with E-state index in [0.29, 0.717) is 0 Å². The average Bonchev–Trinajstić information content (AvgIpc) is 2.74. The molecule has 2 aromatic carbocycles. The molecule has 1 saturated heterocycles. The van der Waals surface area contributed by atoms with E-state index in [0.717, 1.165) is 31.1 Å². The van der Waals surface area contributed by atoms with E-state index in [1.807, 2.05) is 12.1 Å². The van der Waals surface area contributed by atoms with Crippen molar-refractivity contribution in [2.45, 2.75) is 37.8 Å². The summed E-state index contributed by atoms with van der Waals surface area (Å²) in [5.74, 6) is 0.246. The van der Waals surface area contributed by atoms with E-state index < -0.39 is 16.0 Å². The Morgan fingerprint density at radius 1 is 1.10 bits per heavy atom. The first-order chi connectivity index (χ1) is 13.9. The lowest BCUT2D eigenvalue weighted by Gasteiger charge is -2.30. The van der Waals surface area contributed by atoms with Crippen molar-refractivity contribution >= 4 is 16.0 Å². The number of nitrogens with one attached hydrogen (secondary N) is 1. The number of esters is 1. The molecule has 0 spiro atoms. The monoisotopic (exact) mass is 416 g/mol. The van der Waals surface area contributed by atoms with Crippen LogP contribution >= 0.6 is 0 Å². The summed E-state index contributed by atoms with van der Waals surface area (Å²) < 4.78 is 32.3. The van der Waals surface area contributed by atoms with Crippen LogP contribution in [-0.4, -0.2) is 39.5 Å². The van der Waals surface area contributed by atoms with Gasteiger partial charge in [0.1, 0.15) is 0 Å². The Morgan fingerprint density at radius 2 is 1.76 bits per heavy atom. The van der Waals surface area contributed by atoms with E-state index in [2.05, 4.69) is 33.4 Å². The van der Waals surface area contributed by atoms with Gasteiger partial charge in [-0.3, -0.25) is 4.90 Å². The highest BCUT2D eigenvalue weighted by Gasteiger charge is 2.17. The minimum Gasteiger partial charge on any atom is -0.465 e. The maximum absolute atomic E-state index is 12.6. The number of hydrogen-bond acceptors (Lipinski definition) is 5. The fraction of sp³-hybridized carbons (Fsp3) is 0.409. The van der Waals surface area contributed by atoms with Gasteiger partial charge in [-0.15, -0.1) is 0 Å². The van der Waals surface area contributed by atoms with Crippen LogP contribution in [0.2, 0.25) is 0 Å². The number of carbonyl (C=O) groups excluding carboxylic acids is 1. The van der Waals surface area contributed by atoms with Gasteiger partial charge in [-0.2, -0.15) is 0 Å². The number of likely N-dealkylation sites (tertiary alicyclic amines) is 1. The summed E-state index contributed by atoms with van der Waals surface area (Å²) in [5, 5.41) is 0. The van der Waals surface area contributed by atoms with Crippen molar-refractivity contribution in [3.05, 3.63) is 65.2 Å².